The van der Waals surface area contributed by atoms with Gasteiger partial charge in [-0.15, -0.1) is 0 Å². The first-order chi connectivity index (χ1) is 23.9. The van der Waals surface area contributed by atoms with Crippen LogP contribution in [0.5, 0.6) is 5.75 Å². The van der Waals surface area contributed by atoms with Gasteiger partial charge in [0.05, 0.1) is 29.2 Å². The summed E-state index contributed by atoms with van der Waals surface area (Å²) in [5, 5.41) is 4.20. The second-order valence-electron chi connectivity index (χ2n) is 13.4. The molecule has 1 aromatic heterocycles. The third-order valence-electron chi connectivity index (χ3n) is 10.3. The van der Waals surface area contributed by atoms with Crippen LogP contribution in [0, 0.1) is 5.92 Å². The van der Waals surface area contributed by atoms with Crippen molar-refractivity contribution in [1.29, 1.82) is 0 Å². The van der Waals surface area contributed by atoms with Crippen LogP contribution in [0.1, 0.15) is 90.9 Å². The van der Waals surface area contributed by atoms with Crippen LogP contribution in [0.15, 0.2) is 36.5 Å². The van der Waals surface area contributed by atoms with Gasteiger partial charge in [-0.05, 0) is 79.3 Å². The molecule has 0 bridgehead atoms. The number of rotatable bonds is 11. The second kappa shape index (κ2) is 14.4. The quantitative estimate of drug-likeness (QED) is 0.150. The Morgan fingerprint density at radius 2 is 1.71 bits per heavy atom. The molecule has 0 spiro atoms. The topological polar surface area (TPSA) is 157 Å². The normalized spacial score (nSPS) is 18.0. The molecule has 1 aliphatic heterocycles. The summed E-state index contributed by atoms with van der Waals surface area (Å²) in [7, 11) is 1.88. The summed E-state index contributed by atoms with van der Waals surface area (Å²) in [6.07, 6.45) is -0.960. The van der Waals surface area contributed by atoms with E-state index in [1.54, 1.807) is 46.0 Å². The maximum Gasteiger partial charge on any atom is 0.421 e. The summed E-state index contributed by atoms with van der Waals surface area (Å²) in [6.45, 7) is 3.66. The van der Waals surface area contributed by atoms with Gasteiger partial charge >= 0.3 is 13.8 Å². The van der Waals surface area contributed by atoms with E-state index in [0.717, 1.165) is 24.0 Å². The monoisotopic (exact) mass is 732 g/mol. The molecular weight excluding hydrogens is 688 g/mol. The SMILES string of the molecule is CCC(CC)(c1ccc(Nc2ncc(C(F)(F)F)c(Nc3ccc([C@H]4CC[C@@H](C(=O)N(C)C)CC4)c4c3C(=O)N(C)C4)n2)c(OC)c1)P(=O)(O)O. The third kappa shape index (κ3) is 7.29. The van der Waals surface area contributed by atoms with Crippen LogP contribution < -0.4 is 15.4 Å². The Balaban J connectivity index is 1.48. The average Bonchev–Trinajstić information content (AvgIpc) is 3.38. The molecule has 0 radical (unpaired) electrons. The van der Waals surface area contributed by atoms with E-state index >= 15 is 0 Å². The highest BCUT2D eigenvalue weighted by molar-refractivity contribution is 7.53. The van der Waals surface area contributed by atoms with E-state index < -0.39 is 30.3 Å². The van der Waals surface area contributed by atoms with Crippen LogP contribution >= 0.6 is 7.60 Å². The molecule has 3 aromatic rings. The number of nitrogens with one attached hydrogen (secondary N) is 2. The number of anilines is 4. The van der Waals surface area contributed by atoms with Gasteiger partial charge < -0.3 is 35.0 Å². The molecule has 2 amide bonds. The zero-order chi connectivity index (χ0) is 37.5. The average molecular weight is 733 g/mol. The number of hydrogen-bond acceptors (Lipinski definition) is 8. The maximum atomic E-state index is 14.3. The summed E-state index contributed by atoms with van der Waals surface area (Å²) in [4.78, 5) is 57.6. The van der Waals surface area contributed by atoms with Gasteiger partial charge in [-0.3, -0.25) is 14.2 Å². The molecule has 276 valence electrons. The molecule has 1 aliphatic carbocycles. The summed E-state index contributed by atoms with van der Waals surface area (Å²) in [5.41, 5.74) is 1.60. The molecule has 2 heterocycles. The first kappa shape index (κ1) is 38.0. The minimum atomic E-state index is -4.83. The molecule has 0 unspecified atom stereocenters. The lowest BCUT2D eigenvalue weighted by Gasteiger charge is -2.33. The minimum Gasteiger partial charge on any atom is -0.495 e. The van der Waals surface area contributed by atoms with Gasteiger partial charge in [-0.2, -0.15) is 18.2 Å². The smallest absolute Gasteiger partial charge is 0.421 e. The van der Waals surface area contributed by atoms with Crippen molar-refractivity contribution in [2.75, 3.05) is 38.9 Å². The Morgan fingerprint density at radius 1 is 1.06 bits per heavy atom. The number of fused-ring (bicyclic) bond motifs is 1. The predicted molar refractivity (Wildman–Crippen MR) is 187 cm³/mol. The Kier molecular flexibility index (Phi) is 10.8. The van der Waals surface area contributed by atoms with Crippen molar-refractivity contribution in [2.45, 2.75) is 76.2 Å². The summed E-state index contributed by atoms with van der Waals surface area (Å²) in [6, 6.07) is 7.96. The minimum absolute atomic E-state index is 0.0604. The van der Waals surface area contributed by atoms with Crippen LogP contribution in [-0.4, -0.2) is 69.6 Å². The number of ether oxygens (including phenoxy) is 1. The van der Waals surface area contributed by atoms with Crippen molar-refractivity contribution in [2.24, 2.45) is 5.92 Å². The number of amides is 2. The molecule has 4 N–H and O–H groups in total. The van der Waals surface area contributed by atoms with Gasteiger partial charge in [-0.25, -0.2) is 4.98 Å². The zero-order valence-corrected chi connectivity index (χ0v) is 30.4. The van der Waals surface area contributed by atoms with Crippen molar-refractivity contribution < 1.29 is 41.8 Å². The molecule has 0 saturated heterocycles. The molecule has 51 heavy (non-hydrogen) atoms. The highest BCUT2D eigenvalue weighted by atomic mass is 31.2. The lowest BCUT2D eigenvalue weighted by molar-refractivity contribution is -0.137. The summed E-state index contributed by atoms with van der Waals surface area (Å²) < 4.78 is 60.9. The summed E-state index contributed by atoms with van der Waals surface area (Å²) >= 11 is 0. The molecule has 1 saturated carbocycles. The number of halogens is 3. The lowest BCUT2D eigenvalue weighted by atomic mass is 9.76. The fourth-order valence-electron chi connectivity index (χ4n) is 7.40. The number of hydrogen-bond donors (Lipinski definition) is 4. The van der Waals surface area contributed by atoms with Gasteiger partial charge in [-0.1, -0.05) is 26.0 Å². The highest BCUT2D eigenvalue weighted by Crippen LogP contribution is 2.61. The molecule has 2 aliphatic rings. The lowest BCUT2D eigenvalue weighted by Crippen LogP contribution is -2.32. The zero-order valence-electron chi connectivity index (χ0n) is 29.5. The van der Waals surface area contributed by atoms with E-state index in [1.807, 2.05) is 6.07 Å². The van der Waals surface area contributed by atoms with Crippen LogP contribution in [0.4, 0.5) is 36.3 Å². The Morgan fingerprint density at radius 3 is 2.27 bits per heavy atom. The van der Waals surface area contributed by atoms with Gasteiger partial charge in [0.25, 0.3) is 5.91 Å². The van der Waals surface area contributed by atoms with Crippen molar-refractivity contribution >= 4 is 42.6 Å². The molecule has 1 fully saturated rings. The third-order valence-corrected chi connectivity index (χ3v) is 12.3. The maximum absolute atomic E-state index is 14.3. The fourth-order valence-corrected chi connectivity index (χ4v) is 8.70. The molecule has 2 aromatic carbocycles. The first-order valence-electron chi connectivity index (χ1n) is 16.8. The van der Waals surface area contributed by atoms with Crippen LogP contribution in [0.3, 0.4) is 0 Å². The summed E-state index contributed by atoms with van der Waals surface area (Å²) in [5.74, 6) is -0.818. The molecule has 0 atom stereocenters. The van der Waals surface area contributed by atoms with E-state index in [0.29, 0.717) is 31.1 Å². The molecule has 5 rings (SSSR count). The van der Waals surface area contributed by atoms with Gasteiger partial charge in [0.15, 0.2) is 0 Å². The number of carbonyl (C=O) groups is 2. The highest BCUT2D eigenvalue weighted by Gasteiger charge is 2.46. The predicted octanol–water partition coefficient (Wildman–Crippen LogP) is 7.13. The number of aromatic nitrogens is 2. The van der Waals surface area contributed by atoms with Crippen LogP contribution in [-0.2, 0) is 27.2 Å². The Hall–Kier alpha value is -4.20. The van der Waals surface area contributed by atoms with Crippen LogP contribution in [0.25, 0.3) is 0 Å². The Bertz CT molecular complexity index is 1850. The van der Waals surface area contributed by atoms with Gasteiger partial charge in [0.2, 0.25) is 11.9 Å². The molecular formula is C35H44F3N6O6P. The van der Waals surface area contributed by atoms with Crippen molar-refractivity contribution in [1.82, 2.24) is 19.8 Å². The fraction of sp³-hybridized carbons (Fsp3) is 0.486. The van der Waals surface area contributed by atoms with Crippen LogP contribution in [0.2, 0.25) is 0 Å². The molecule has 12 nitrogen and oxygen atoms in total. The van der Waals surface area contributed by atoms with Gasteiger partial charge in [0.1, 0.15) is 17.1 Å². The van der Waals surface area contributed by atoms with Crippen molar-refractivity contribution in [3.8, 4) is 5.75 Å². The van der Waals surface area contributed by atoms with E-state index in [9.17, 15) is 37.1 Å². The van der Waals surface area contributed by atoms with E-state index in [1.165, 1.54) is 30.2 Å². The standard InChI is InChI=1S/C35H44F3N6O6P/c1-7-34(8-2,51(47,48)49)22-13-15-26(28(17-22)50-6)41-33-39-18-25(35(36,37)38)30(42-33)40-27-16-14-23(24-19-44(5)32(46)29(24)27)20-9-11-21(12-10-20)31(45)43(3)4/h13-18,20-21H,7-12,19H2,1-6H3,(H2,47,48,49)(H2,39,40,41,42)/t20-,21+. The van der Waals surface area contributed by atoms with Crippen molar-refractivity contribution in [3.05, 3.63) is 64.3 Å². The van der Waals surface area contributed by atoms with E-state index in [2.05, 4.69) is 20.6 Å². The number of methoxy groups -OCH3 is 1. The second-order valence-corrected chi connectivity index (χ2v) is 15.3. The molecule has 16 heteroatoms. The van der Waals surface area contributed by atoms with Gasteiger partial charge in [0, 0.05) is 39.8 Å². The number of carbonyl (C=O) groups excluding carboxylic acids is 2. The number of benzene rings is 2. The van der Waals surface area contributed by atoms with Crippen molar-refractivity contribution in [3.63, 3.8) is 0 Å². The Labute approximate surface area is 295 Å². The number of alkyl halides is 3. The van der Waals surface area contributed by atoms with E-state index in [4.69, 9.17) is 4.74 Å². The van der Waals surface area contributed by atoms with E-state index in [-0.39, 0.29) is 65.1 Å². The first-order valence-corrected chi connectivity index (χ1v) is 18.4. The number of nitrogens with zero attached hydrogens (tertiary/aromatic N) is 4. The largest absolute Gasteiger partial charge is 0.495 e.